The minimum absolute atomic E-state index is 0.0202. The zero-order valence-electron chi connectivity index (χ0n) is 14.8. The highest BCUT2D eigenvalue weighted by atomic mass is 79.9. The van der Waals surface area contributed by atoms with Gasteiger partial charge in [0.05, 0.1) is 6.10 Å². The molecule has 2 aromatic carbocycles. The van der Waals surface area contributed by atoms with Crippen molar-refractivity contribution in [3.8, 4) is 22.7 Å². The molecular formula is C21H22BrNO2. The van der Waals surface area contributed by atoms with Crippen LogP contribution in [0, 0.1) is 6.92 Å². The Kier molecular flexibility index (Phi) is 5.71. The van der Waals surface area contributed by atoms with E-state index in [1.54, 1.807) is 0 Å². The summed E-state index contributed by atoms with van der Waals surface area (Å²) < 4.78 is 13.0. The number of rotatable bonds is 6. The van der Waals surface area contributed by atoms with Crippen molar-refractivity contribution in [3.63, 3.8) is 0 Å². The molecule has 1 heterocycles. The highest BCUT2D eigenvalue weighted by Crippen LogP contribution is 2.39. The van der Waals surface area contributed by atoms with E-state index in [-0.39, 0.29) is 6.10 Å². The molecule has 0 saturated carbocycles. The van der Waals surface area contributed by atoms with Crippen LogP contribution in [0.15, 0.2) is 57.4 Å². The second-order valence-electron chi connectivity index (χ2n) is 5.84. The third-order valence-corrected chi connectivity index (χ3v) is 4.88. The average Bonchev–Trinajstić information content (AvgIpc) is 3.02. The van der Waals surface area contributed by atoms with Crippen molar-refractivity contribution in [1.82, 2.24) is 4.98 Å². The lowest BCUT2D eigenvalue weighted by atomic mass is 9.97. The molecule has 0 saturated heterocycles. The fourth-order valence-electron chi connectivity index (χ4n) is 3.03. The Hall–Kier alpha value is -1.91. The zero-order valence-corrected chi connectivity index (χ0v) is 16.3. The van der Waals surface area contributed by atoms with Gasteiger partial charge < -0.3 is 9.15 Å². The highest BCUT2D eigenvalue weighted by Gasteiger charge is 2.22. The van der Waals surface area contributed by atoms with Crippen LogP contribution in [-0.4, -0.2) is 11.6 Å². The maximum absolute atomic E-state index is 5.96. The summed E-state index contributed by atoms with van der Waals surface area (Å²) >= 11 is 3.69. The Morgan fingerprint density at radius 1 is 1.08 bits per heavy atom. The van der Waals surface area contributed by atoms with Gasteiger partial charge in [0, 0.05) is 27.8 Å². The maximum Gasteiger partial charge on any atom is 0.226 e. The van der Waals surface area contributed by atoms with Gasteiger partial charge in [-0.15, -0.1) is 0 Å². The van der Waals surface area contributed by atoms with Gasteiger partial charge in [-0.05, 0) is 38.5 Å². The van der Waals surface area contributed by atoms with Crippen molar-refractivity contribution in [2.45, 2.75) is 33.3 Å². The Balaban J connectivity index is 2.11. The summed E-state index contributed by atoms with van der Waals surface area (Å²) in [7, 11) is 0. The third kappa shape index (κ3) is 3.70. The Morgan fingerprint density at radius 2 is 1.84 bits per heavy atom. The van der Waals surface area contributed by atoms with E-state index in [4.69, 9.17) is 14.1 Å². The molecule has 0 N–H and O–H groups in total. The molecular weight excluding hydrogens is 378 g/mol. The molecule has 0 spiro atoms. The summed E-state index contributed by atoms with van der Waals surface area (Å²) in [5, 5.41) is 0. The van der Waals surface area contributed by atoms with Crippen molar-refractivity contribution < 1.29 is 9.15 Å². The smallest absolute Gasteiger partial charge is 0.226 e. The Labute approximate surface area is 157 Å². The van der Waals surface area contributed by atoms with E-state index in [0.717, 1.165) is 39.0 Å². The molecule has 3 aromatic rings. The first kappa shape index (κ1) is 17.9. The second-order valence-corrected chi connectivity index (χ2v) is 6.70. The predicted octanol–water partition coefficient (Wildman–Crippen LogP) is 6.57. The molecule has 1 unspecified atom stereocenters. The van der Waals surface area contributed by atoms with Crippen molar-refractivity contribution in [3.05, 3.63) is 64.3 Å². The summed E-state index contributed by atoms with van der Waals surface area (Å²) in [6.45, 7) is 6.79. The monoisotopic (exact) mass is 399 g/mol. The van der Waals surface area contributed by atoms with Crippen LogP contribution in [0.1, 0.15) is 37.7 Å². The molecule has 3 rings (SSSR count). The SMILES string of the molecule is CCOC(CC)c1c(Br)cccc1-c1nc(-c2ccccc2)oc1C. The normalized spacial score (nSPS) is 12.3. The first-order valence-electron chi connectivity index (χ1n) is 8.58. The largest absolute Gasteiger partial charge is 0.441 e. The molecule has 25 heavy (non-hydrogen) atoms. The first-order valence-corrected chi connectivity index (χ1v) is 9.38. The van der Waals surface area contributed by atoms with Gasteiger partial charge in [-0.25, -0.2) is 4.98 Å². The number of nitrogens with zero attached hydrogens (tertiary/aromatic N) is 1. The summed E-state index contributed by atoms with van der Waals surface area (Å²) in [5.41, 5.74) is 4.03. The molecule has 0 fully saturated rings. The van der Waals surface area contributed by atoms with Gasteiger partial charge in [0.25, 0.3) is 0 Å². The number of hydrogen-bond donors (Lipinski definition) is 0. The Bertz CT molecular complexity index is 842. The third-order valence-electron chi connectivity index (χ3n) is 4.19. The molecule has 1 aromatic heterocycles. The molecule has 0 aliphatic heterocycles. The van der Waals surface area contributed by atoms with Crippen molar-refractivity contribution >= 4 is 15.9 Å². The molecule has 1 atom stereocenters. The standard InChI is InChI=1S/C21H22BrNO2/c1-4-18(24-5-2)19-16(12-9-13-17(19)22)20-14(3)25-21(23-20)15-10-7-6-8-11-15/h6-13,18H,4-5H2,1-3H3. The van der Waals surface area contributed by atoms with Gasteiger partial charge >= 0.3 is 0 Å². The van der Waals surface area contributed by atoms with E-state index in [0.29, 0.717) is 12.5 Å². The summed E-state index contributed by atoms with van der Waals surface area (Å²) in [4.78, 5) is 4.79. The quantitative estimate of drug-likeness (QED) is 0.470. The number of aryl methyl sites for hydroxylation is 1. The van der Waals surface area contributed by atoms with E-state index >= 15 is 0 Å². The maximum atomic E-state index is 5.96. The fourth-order valence-corrected chi connectivity index (χ4v) is 3.65. The topological polar surface area (TPSA) is 35.3 Å². The van der Waals surface area contributed by atoms with Crippen LogP contribution < -0.4 is 0 Å². The van der Waals surface area contributed by atoms with E-state index < -0.39 is 0 Å². The number of benzene rings is 2. The van der Waals surface area contributed by atoms with Gasteiger partial charge in [0.1, 0.15) is 11.5 Å². The van der Waals surface area contributed by atoms with Crippen molar-refractivity contribution in [2.24, 2.45) is 0 Å². The van der Waals surface area contributed by atoms with Crippen LogP contribution in [0.5, 0.6) is 0 Å². The molecule has 0 aliphatic carbocycles. The fraction of sp³-hybridized carbons (Fsp3) is 0.286. The average molecular weight is 400 g/mol. The zero-order chi connectivity index (χ0) is 17.8. The second kappa shape index (κ2) is 7.98. The van der Waals surface area contributed by atoms with Crippen LogP contribution >= 0.6 is 15.9 Å². The number of oxazole rings is 1. The van der Waals surface area contributed by atoms with E-state index in [1.807, 2.05) is 56.3 Å². The number of ether oxygens (including phenoxy) is 1. The molecule has 4 heteroatoms. The van der Waals surface area contributed by atoms with Crippen LogP contribution in [-0.2, 0) is 4.74 Å². The van der Waals surface area contributed by atoms with Gasteiger partial charge in [-0.2, -0.15) is 0 Å². The highest BCUT2D eigenvalue weighted by molar-refractivity contribution is 9.10. The molecule has 0 amide bonds. The minimum atomic E-state index is 0.0202. The Morgan fingerprint density at radius 3 is 2.52 bits per heavy atom. The lowest BCUT2D eigenvalue weighted by Gasteiger charge is -2.20. The molecule has 0 bridgehead atoms. The van der Waals surface area contributed by atoms with Gasteiger partial charge in [-0.3, -0.25) is 0 Å². The van der Waals surface area contributed by atoms with E-state index in [2.05, 4.69) is 28.9 Å². The van der Waals surface area contributed by atoms with Gasteiger partial charge in [0.15, 0.2) is 0 Å². The molecule has 3 nitrogen and oxygen atoms in total. The van der Waals surface area contributed by atoms with Crippen LogP contribution in [0.25, 0.3) is 22.7 Å². The molecule has 0 radical (unpaired) electrons. The van der Waals surface area contributed by atoms with Crippen LogP contribution in [0.4, 0.5) is 0 Å². The summed E-state index contributed by atoms with van der Waals surface area (Å²) in [5.74, 6) is 1.45. The van der Waals surface area contributed by atoms with Crippen molar-refractivity contribution in [2.75, 3.05) is 6.61 Å². The molecule has 130 valence electrons. The van der Waals surface area contributed by atoms with Gasteiger partial charge in [0.2, 0.25) is 5.89 Å². The number of aromatic nitrogens is 1. The lowest BCUT2D eigenvalue weighted by Crippen LogP contribution is -2.06. The minimum Gasteiger partial charge on any atom is -0.441 e. The first-order chi connectivity index (χ1) is 12.2. The lowest BCUT2D eigenvalue weighted by molar-refractivity contribution is 0.0597. The number of hydrogen-bond acceptors (Lipinski definition) is 3. The summed E-state index contributed by atoms with van der Waals surface area (Å²) in [6.07, 6.45) is 0.915. The van der Waals surface area contributed by atoms with Crippen molar-refractivity contribution in [1.29, 1.82) is 0 Å². The number of halogens is 1. The van der Waals surface area contributed by atoms with E-state index in [1.165, 1.54) is 0 Å². The van der Waals surface area contributed by atoms with Crippen LogP contribution in [0.2, 0.25) is 0 Å². The van der Waals surface area contributed by atoms with Crippen LogP contribution in [0.3, 0.4) is 0 Å². The predicted molar refractivity (Wildman–Crippen MR) is 104 cm³/mol. The van der Waals surface area contributed by atoms with E-state index in [9.17, 15) is 0 Å². The summed E-state index contributed by atoms with van der Waals surface area (Å²) in [6, 6.07) is 16.1. The molecule has 0 aliphatic rings. The van der Waals surface area contributed by atoms with Gasteiger partial charge in [-0.1, -0.05) is 53.2 Å².